The number of aromatic nitrogens is 3. The molecule has 0 radical (unpaired) electrons. The van der Waals surface area contributed by atoms with Gasteiger partial charge < -0.3 is 0 Å². The van der Waals surface area contributed by atoms with Crippen molar-refractivity contribution in [3.8, 4) is 34.2 Å². The lowest BCUT2D eigenvalue weighted by atomic mass is 9.98. The smallest absolute Gasteiger partial charge is 0.164 e. The van der Waals surface area contributed by atoms with Crippen molar-refractivity contribution in [1.29, 1.82) is 0 Å². The van der Waals surface area contributed by atoms with Crippen LogP contribution in [0.25, 0.3) is 107 Å². The Morgan fingerprint density at radius 3 is 1.38 bits per heavy atom. The molecule has 0 atom stereocenters. The molecule has 5 heteroatoms. The lowest BCUT2D eigenvalue weighted by Gasteiger charge is -2.13. The van der Waals surface area contributed by atoms with E-state index in [-0.39, 0.29) is 51.1 Å². The molecule has 3 nitrogen and oxygen atoms in total. The topological polar surface area (TPSA) is 38.7 Å². The molecular weight excluding hydrogens is 647 g/mol. The molecule has 0 N–H and O–H groups in total. The Labute approximate surface area is 329 Å². The maximum Gasteiger partial charge on any atom is 0.164 e. The number of hydrogen-bond donors (Lipinski definition) is 0. The summed E-state index contributed by atoms with van der Waals surface area (Å²) in [4.78, 5) is 14.1. The van der Waals surface area contributed by atoms with Crippen molar-refractivity contribution in [1.82, 2.24) is 15.0 Å². The van der Waals surface area contributed by atoms with Gasteiger partial charge in [0.2, 0.25) is 0 Å². The highest BCUT2D eigenvalue weighted by atomic mass is 32.1. The van der Waals surface area contributed by atoms with Gasteiger partial charge in [0.1, 0.15) is 0 Å². The third-order valence-corrected chi connectivity index (χ3v) is 10.3. The minimum absolute atomic E-state index is 0.101. The van der Waals surface area contributed by atoms with E-state index in [9.17, 15) is 8.22 Å². The fraction of sp³-hybridized carbons (Fsp3) is 0. The molecule has 0 spiro atoms. The van der Waals surface area contributed by atoms with Gasteiger partial charge in [0, 0.05) is 57.0 Å². The Morgan fingerprint density at radius 1 is 0.380 bits per heavy atom. The van der Waals surface area contributed by atoms with Crippen LogP contribution in [0.15, 0.2) is 151 Å². The Hall–Kier alpha value is -6.01. The summed E-state index contributed by atoms with van der Waals surface area (Å²) in [5.74, 6) is -2.20. The highest BCUT2D eigenvalue weighted by Gasteiger charge is 2.22. The fourth-order valence-electron chi connectivity index (χ4n) is 5.94. The Morgan fingerprint density at radius 2 is 0.820 bits per heavy atom. The summed E-state index contributed by atoms with van der Waals surface area (Å²) in [6.07, 6.45) is 0. The molecule has 0 unspecified atom stereocenters. The van der Waals surface area contributed by atoms with Gasteiger partial charge in [-0.05, 0) is 62.5 Å². The third-order valence-electron chi connectivity index (χ3n) is 8.05. The van der Waals surface area contributed by atoms with Gasteiger partial charge in [-0.3, -0.25) is 0 Å². The van der Waals surface area contributed by atoms with Crippen LogP contribution in [0, 0.1) is 0 Å². The van der Waals surface area contributed by atoms with Gasteiger partial charge in [0.25, 0.3) is 0 Å². The molecule has 0 saturated carbocycles. The van der Waals surface area contributed by atoms with E-state index >= 15 is 0 Å². The highest BCUT2D eigenvalue weighted by molar-refractivity contribution is 7.27. The molecule has 0 aliphatic rings. The van der Waals surface area contributed by atoms with E-state index in [1.807, 2.05) is 0 Å². The van der Waals surface area contributed by atoms with Crippen molar-refractivity contribution in [3.05, 3.63) is 151 Å². The van der Waals surface area contributed by atoms with Crippen LogP contribution >= 0.6 is 22.7 Å². The molecule has 232 valence electrons. The van der Waals surface area contributed by atoms with Crippen LogP contribution in [-0.4, -0.2) is 15.0 Å². The van der Waals surface area contributed by atoms with Crippen LogP contribution in [0.4, 0.5) is 0 Å². The van der Waals surface area contributed by atoms with E-state index in [1.165, 1.54) is 0 Å². The predicted molar refractivity (Wildman–Crippen MR) is 214 cm³/mol. The SMILES string of the molecule is [2H]c1c([2H])c([2H])c2c(sc3c4c([2H])c([2H])c([2H])c([2H])c4c([2H])c(-c4nc(-c5c([2H])c([2H])c6c([2H])c([2H])c([2H])c([2H])c6c5[2H])nc(-c5c([2H])c6c([2H])c([2H])c([2H])c([2H])c6c6sc7c([2H])c([2H])c([2H])c([2H])c7c56)n4)c32)c1[2H]. The van der Waals surface area contributed by atoms with Gasteiger partial charge in [-0.1, -0.05) is 121 Å². The van der Waals surface area contributed by atoms with Crippen LogP contribution in [0.1, 0.15) is 34.3 Å². The van der Waals surface area contributed by atoms with Gasteiger partial charge in [-0.25, -0.2) is 15.0 Å². The average Bonchev–Trinajstić information content (AvgIpc) is 3.99. The minimum Gasteiger partial charge on any atom is -0.208 e. The second-order valence-corrected chi connectivity index (χ2v) is 12.9. The summed E-state index contributed by atoms with van der Waals surface area (Å²) < 4.78 is 223. The van der Waals surface area contributed by atoms with E-state index in [0.717, 1.165) is 0 Å². The number of rotatable bonds is 3. The molecule has 0 fully saturated rings. The van der Waals surface area contributed by atoms with Gasteiger partial charge >= 0.3 is 0 Å². The maximum atomic E-state index is 9.90. The van der Waals surface area contributed by atoms with Crippen molar-refractivity contribution >= 4 is 95.3 Å². The van der Waals surface area contributed by atoms with Gasteiger partial charge in [0.05, 0.1) is 34.3 Å². The number of thiophene rings is 2. The lowest BCUT2D eigenvalue weighted by Crippen LogP contribution is -2.01. The molecule has 0 aliphatic carbocycles. The monoisotopic (exact) mass is 696 g/mol. The first-order chi connectivity index (χ1) is 35.2. The van der Waals surface area contributed by atoms with Gasteiger partial charge in [0.15, 0.2) is 17.5 Å². The number of fused-ring (bicyclic) bond motifs is 11. The van der Waals surface area contributed by atoms with Crippen LogP contribution in [-0.2, 0) is 0 Å². The molecule has 11 aromatic rings. The molecule has 0 amide bonds. The summed E-state index contributed by atoms with van der Waals surface area (Å²) in [6, 6.07) is -18.3. The van der Waals surface area contributed by atoms with Crippen molar-refractivity contribution in [2.45, 2.75) is 0 Å². The van der Waals surface area contributed by atoms with Crippen LogP contribution in [0.3, 0.4) is 0 Å². The molecule has 50 heavy (non-hydrogen) atoms. The van der Waals surface area contributed by atoms with E-state index < -0.39 is 207 Å². The van der Waals surface area contributed by atoms with Gasteiger partial charge in [-0.2, -0.15) is 0 Å². The second kappa shape index (κ2) is 10.7. The maximum absolute atomic E-state index is 9.90. The zero-order valence-corrected chi connectivity index (χ0v) is 26.3. The van der Waals surface area contributed by atoms with Gasteiger partial charge in [-0.15, -0.1) is 22.7 Å². The summed E-state index contributed by atoms with van der Waals surface area (Å²) >= 11 is 1.40. The first kappa shape index (κ1) is 13.0. The zero-order chi connectivity index (χ0) is 54.5. The summed E-state index contributed by atoms with van der Waals surface area (Å²) in [5.41, 5.74) is -1.70. The molecule has 3 aromatic heterocycles. The third kappa shape index (κ3) is 4.18. The quantitative estimate of drug-likeness (QED) is 0.185. The zero-order valence-electron chi connectivity index (χ0n) is 49.7. The number of hydrogen-bond acceptors (Lipinski definition) is 5. The normalized spacial score (nSPS) is 19.0. The minimum atomic E-state index is -0.890. The summed E-state index contributed by atoms with van der Waals surface area (Å²) in [7, 11) is 0. The lowest BCUT2D eigenvalue weighted by molar-refractivity contribution is 1.08. The molecule has 8 aromatic carbocycles. The van der Waals surface area contributed by atoms with Crippen LogP contribution in [0.5, 0.6) is 0 Å². The predicted octanol–water partition coefficient (Wildman–Crippen LogP) is 13.1. The Bertz CT molecular complexity index is 4380. The number of benzene rings is 8. The van der Waals surface area contributed by atoms with Crippen molar-refractivity contribution in [3.63, 3.8) is 0 Å². The summed E-state index contributed by atoms with van der Waals surface area (Å²) in [5, 5.41) is -3.53. The summed E-state index contributed by atoms with van der Waals surface area (Å²) in [6.45, 7) is 0. The molecule has 0 bridgehead atoms. The average molecular weight is 697 g/mol. The standard InChI is InChI=1S/C45H25N3S2/c1-2-12-27-23-30(22-21-26(27)11-1)43-46-44(35-24-28-13-3-5-15-31(28)41-39(35)33-17-7-9-19-37(33)49-41)48-45(47-43)36-25-29-14-4-6-16-32(29)42-40(36)34-18-8-10-20-38(34)50-42/h1-25H/i1D,2D,3D,4D,5D,6D,7D,8D,9D,10D,11D,12D,13D,14D,15D,16D,17D,18D,19D,20D,21D,22D,23D,24D,25D. The molecule has 0 saturated heterocycles. The van der Waals surface area contributed by atoms with Crippen molar-refractivity contribution < 1.29 is 34.3 Å². The van der Waals surface area contributed by atoms with Crippen LogP contribution < -0.4 is 0 Å². The highest BCUT2D eigenvalue weighted by Crippen LogP contribution is 2.46. The molecule has 3 heterocycles. The Kier molecular flexibility index (Phi) is 2.80. The van der Waals surface area contributed by atoms with E-state index in [0.29, 0.717) is 22.7 Å². The van der Waals surface area contributed by atoms with Crippen LogP contribution in [0.2, 0.25) is 0 Å². The van der Waals surface area contributed by atoms with E-state index in [2.05, 4.69) is 9.97 Å². The molecule has 0 aliphatic heterocycles. The first-order valence-electron chi connectivity index (χ1n) is 27.2. The largest absolute Gasteiger partial charge is 0.208 e. The molecular formula is C45H25N3S2. The fourth-order valence-corrected chi connectivity index (χ4v) is 8.18. The second-order valence-electron chi connectivity index (χ2n) is 10.8. The van der Waals surface area contributed by atoms with E-state index in [4.69, 9.17) is 31.0 Å². The van der Waals surface area contributed by atoms with Crippen molar-refractivity contribution in [2.24, 2.45) is 0 Å². The number of nitrogens with zero attached hydrogens (tertiary/aromatic N) is 3. The molecule has 11 rings (SSSR count). The van der Waals surface area contributed by atoms with E-state index in [1.54, 1.807) is 0 Å². The van der Waals surface area contributed by atoms with Crippen molar-refractivity contribution in [2.75, 3.05) is 0 Å². The first-order valence-corrected chi connectivity index (χ1v) is 16.3. The Balaban J connectivity index is 1.45.